The number of nitrogens with one attached hydrogen (secondary N) is 1. The molecule has 5 nitrogen and oxygen atoms in total. The predicted molar refractivity (Wildman–Crippen MR) is 84.0 cm³/mol. The fourth-order valence-electron chi connectivity index (χ4n) is 2.48. The smallest absolute Gasteiger partial charge is 0.256 e. The first kappa shape index (κ1) is 14.1. The normalized spacial score (nSPS) is 17.7. The number of methoxy groups -OCH3 is 1. The number of anilines is 2. The van der Waals surface area contributed by atoms with E-state index in [4.69, 9.17) is 4.74 Å². The molecular formula is C17H16N2O3. The Morgan fingerprint density at radius 2 is 1.73 bits per heavy atom. The van der Waals surface area contributed by atoms with Crippen molar-refractivity contribution in [2.75, 3.05) is 17.3 Å². The molecule has 0 aliphatic carbocycles. The summed E-state index contributed by atoms with van der Waals surface area (Å²) in [5, 5.41) is 3.10. The van der Waals surface area contributed by atoms with Crippen molar-refractivity contribution in [3.8, 4) is 5.75 Å². The molecule has 5 heteroatoms. The summed E-state index contributed by atoms with van der Waals surface area (Å²) in [5.74, 6) is 0.319. The summed E-state index contributed by atoms with van der Waals surface area (Å²) in [4.78, 5) is 25.8. The molecule has 3 rings (SSSR count). The molecule has 0 bridgehead atoms. The third-order valence-electron chi connectivity index (χ3n) is 3.59. The summed E-state index contributed by atoms with van der Waals surface area (Å²) < 4.78 is 5.10. The van der Waals surface area contributed by atoms with Crippen LogP contribution < -0.4 is 15.0 Å². The largest absolute Gasteiger partial charge is 0.497 e. The highest BCUT2D eigenvalue weighted by Crippen LogP contribution is 2.25. The van der Waals surface area contributed by atoms with E-state index in [1.54, 1.807) is 43.5 Å². The number of hydrogen-bond donors (Lipinski definition) is 1. The predicted octanol–water partition coefficient (Wildman–Crippen LogP) is 2.44. The molecule has 2 aromatic rings. The number of benzene rings is 2. The van der Waals surface area contributed by atoms with E-state index in [0.717, 1.165) is 11.4 Å². The van der Waals surface area contributed by atoms with Crippen LogP contribution in [-0.4, -0.2) is 25.0 Å². The van der Waals surface area contributed by atoms with Crippen LogP contribution >= 0.6 is 0 Å². The summed E-state index contributed by atoms with van der Waals surface area (Å²) in [6.45, 7) is 0. The van der Waals surface area contributed by atoms with Crippen LogP contribution in [0.4, 0.5) is 11.4 Å². The van der Waals surface area contributed by atoms with Crippen LogP contribution in [0.2, 0.25) is 0 Å². The second-order valence-corrected chi connectivity index (χ2v) is 5.03. The highest BCUT2D eigenvalue weighted by Gasteiger charge is 2.39. The molecule has 0 aromatic heterocycles. The van der Waals surface area contributed by atoms with Crippen molar-refractivity contribution < 1.29 is 14.3 Å². The van der Waals surface area contributed by atoms with Crippen molar-refractivity contribution in [1.29, 1.82) is 0 Å². The molecule has 112 valence electrons. The fourth-order valence-corrected chi connectivity index (χ4v) is 2.48. The zero-order valence-electron chi connectivity index (χ0n) is 12.2. The van der Waals surface area contributed by atoms with Gasteiger partial charge >= 0.3 is 0 Å². The first-order valence-electron chi connectivity index (χ1n) is 7.01. The molecule has 2 amide bonds. The minimum Gasteiger partial charge on any atom is -0.497 e. The Bertz CT molecular complexity index is 683. The van der Waals surface area contributed by atoms with Crippen LogP contribution in [0.15, 0.2) is 54.6 Å². The zero-order valence-corrected chi connectivity index (χ0v) is 12.2. The lowest BCUT2D eigenvalue weighted by molar-refractivity contribution is -0.121. The highest BCUT2D eigenvalue weighted by molar-refractivity contribution is 6.23. The van der Waals surface area contributed by atoms with Gasteiger partial charge < -0.3 is 10.1 Å². The maximum atomic E-state index is 12.5. The number of carbonyl (C=O) groups excluding carboxylic acids is 2. The molecule has 1 N–H and O–H groups in total. The van der Waals surface area contributed by atoms with E-state index in [1.807, 2.05) is 18.2 Å². The van der Waals surface area contributed by atoms with E-state index in [1.165, 1.54) is 4.90 Å². The van der Waals surface area contributed by atoms with E-state index in [9.17, 15) is 9.59 Å². The minimum atomic E-state index is -0.541. The van der Waals surface area contributed by atoms with Gasteiger partial charge in [0.15, 0.2) is 0 Å². The van der Waals surface area contributed by atoms with Gasteiger partial charge in [-0.05, 0) is 36.4 Å². The summed E-state index contributed by atoms with van der Waals surface area (Å²) in [6, 6.07) is 15.7. The number of imide groups is 1. The summed E-state index contributed by atoms with van der Waals surface area (Å²) in [7, 11) is 1.60. The highest BCUT2D eigenvalue weighted by atomic mass is 16.5. The third-order valence-corrected chi connectivity index (χ3v) is 3.59. The fraction of sp³-hybridized carbons (Fsp3) is 0.176. The van der Waals surface area contributed by atoms with Crippen LogP contribution in [0, 0.1) is 0 Å². The molecule has 0 radical (unpaired) electrons. The summed E-state index contributed by atoms with van der Waals surface area (Å²) in [5.41, 5.74) is 1.39. The van der Waals surface area contributed by atoms with Crippen molar-refractivity contribution in [1.82, 2.24) is 0 Å². The maximum absolute atomic E-state index is 12.5. The molecule has 1 heterocycles. The zero-order chi connectivity index (χ0) is 15.5. The number of nitrogens with zero attached hydrogens (tertiary/aromatic N) is 1. The average molecular weight is 296 g/mol. The van der Waals surface area contributed by atoms with E-state index >= 15 is 0 Å². The molecule has 0 spiro atoms. The van der Waals surface area contributed by atoms with Crippen LogP contribution in [0.1, 0.15) is 6.42 Å². The summed E-state index contributed by atoms with van der Waals surface area (Å²) >= 11 is 0. The van der Waals surface area contributed by atoms with E-state index in [2.05, 4.69) is 5.32 Å². The number of ether oxygens (including phenoxy) is 1. The third kappa shape index (κ3) is 2.65. The van der Waals surface area contributed by atoms with Gasteiger partial charge in [0, 0.05) is 5.69 Å². The molecule has 2 aromatic carbocycles. The van der Waals surface area contributed by atoms with Gasteiger partial charge in [-0.2, -0.15) is 0 Å². The number of hydrogen-bond acceptors (Lipinski definition) is 4. The molecule has 1 aliphatic heterocycles. The Kier molecular flexibility index (Phi) is 3.78. The molecule has 1 saturated heterocycles. The molecule has 0 unspecified atom stereocenters. The molecule has 1 fully saturated rings. The van der Waals surface area contributed by atoms with Crippen molar-refractivity contribution in [2.45, 2.75) is 12.5 Å². The monoisotopic (exact) mass is 296 g/mol. The van der Waals surface area contributed by atoms with Crippen molar-refractivity contribution >= 4 is 23.2 Å². The SMILES string of the molecule is COc1ccc(N[C@H]2CC(=O)N(c3ccccc3)C2=O)cc1. The second kappa shape index (κ2) is 5.89. The number of amides is 2. The van der Waals surface area contributed by atoms with Gasteiger partial charge in [-0.25, -0.2) is 4.90 Å². The van der Waals surface area contributed by atoms with Crippen molar-refractivity contribution in [3.63, 3.8) is 0 Å². The molecule has 1 atom stereocenters. The average Bonchev–Trinajstić information content (AvgIpc) is 2.83. The molecule has 0 saturated carbocycles. The van der Waals surface area contributed by atoms with Gasteiger partial charge in [0.05, 0.1) is 19.2 Å². The number of rotatable bonds is 4. The quantitative estimate of drug-likeness (QED) is 0.880. The van der Waals surface area contributed by atoms with Gasteiger partial charge in [-0.15, -0.1) is 0 Å². The second-order valence-electron chi connectivity index (χ2n) is 5.03. The Labute approximate surface area is 128 Å². The first-order chi connectivity index (χ1) is 10.7. The maximum Gasteiger partial charge on any atom is 0.256 e. The molecule has 1 aliphatic rings. The van der Waals surface area contributed by atoms with Crippen LogP contribution in [0.5, 0.6) is 5.75 Å². The van der Waals surface area contributed by atoms with Gasteiger partial charge in [0.2, 0.25) is 5.91 Å². The van der Waals surface area contributed by atoms with Crippen molar-refractivity contribution in [2.24, 2.45) is 0 Å². The van der Waals surface area contributed by atoms with Crippen LogP contribution in [0.25, 0.3) is 0 Å². The van der Waals surface area contributed by atoms with Crippen LogP contribution in [0.3, 0.4) is 0 Å². The number of para-hydroxylation sites is 1. The Morgan fingerprint density at radius 3 is 2.36 bits per heavy atom. The van der Waals surface area contributed by atoms with Crippen LogP contribution in [-0.2, 0) is 9.59 Å². The lowest BCUT2D eigenvalue weighted by Gasteiger charge is -2.16. The Balaban J connectivity index is 1.76. The Morgan fingerprint density at radius 1 is 1.05 bits per heavy atom. The topological polar surface area (TPSA) is 58.6 Å². The van der Waals surface area contributed by atoms with E-state index < -0.39 is 6.04 Å². The van der Waals surface area contributed by atoms with E-state index in [0.29, 0.717) is 5.69 Å². The summed E-state index contributed by atoms with van der Waals surface area (Å²) in [6.07, 6.45) is 0.153. The van der Waals surface area contributed by atoms with Gasteiger partial charge in [-0.1, -0.05) is 18.2 Å². The number of carbonyl (C=O) groups is 2. The van der Waals surface area contributed by atoms with Gasteiger partial charge in [-0.3, -0.25) is 9.59 Å². The standard InChI is InChI=1S/C17H16N2O3/c1-22-14-9-7-12(8-10-14)18-15-11-16(20)19(17(15)21)13-5-3-2-4-6-13/h2-10,15,18H,11H2,1H3/t15-/m0/s1. The van der Waals surface area contributed by atoms with Gasteiger partial charge in [0.25, 0.3) is 5.91 Å². The lowest BCUT2D eigenvalue weighted by atomic mass is 10.2. The lowest BCUT2D eigenvalue weighted by Crippen LogP contribution is -2.34. The molecule has 22 heavy (non-hydrogen) atoms. The minimum absolute atomic E-state index is 0.153. The molecular weight excluding hydrogens is 280 g/mol. The Hall–Kier alpha value is -2.82. The van der Waals surface area contributed by atoms with Gasteiger partial charge in [0.1, 0.15) is 11.8 Å². The van der Waals surface area contributed by atoms with Crippen molar-refractivity contribution in [3.05, 3.63) is 54.6 Å². The first-order valence-corrected chi connectivity index (χ1v) is 7.01. The van der Waals surface area contributed by atoms with E-state index in [-0.39, 0.29) is 18.2 Å².